The summed E-state index contributed by atoms with van der Waals surface area (Å²) in [5.41, 5.74) is 1.31. The number of sulfonamides is 2. The summed E-state index contributed by atoms with van der Waals surface area (Å²) in [5.74, 6) is -1.12. The van der Waals surface area contributed by atoms with Crippen LogP contribution in [0.1, 0.15) is 15.9 Å². The van der Waals surface area contributed by atoms with Crippen LogP contribution in [0.3, 0.4) is 0 Å². The zero-order chi connectivity index (χ0) is 27.2. The molecular formula is C24H27N5O6S2. The molecule has 2 amide bonds. The van der Waals surface area contributed by atoms with Crippen LogP contribution >= 0.6 is 0 Å². The van der Waals surface area contributed by atoms with Crippen molar-refractivity contribution in [1.82, 2.24) is 14.6 Å². The number of benzene rings is 2. The van der Waals surface area contributed by atoms with Crippen molar-refractivity contribution in [1.29, 1.82) is 0 Å². The largest absolute Gasteiger partial charge is 0.348 e. The molecule has 0 bridgehead atoms. The monoisotopic (exact) mass is 545 g/mol. The van der Waals surface area contributed by atoms with Crippen molar-refractivity contribution >= 4 is 43.2 Å². The van der Waals surface area contributed by atoms with E-state index in [-0.39, 0.29) is 28.4 Å². The molecule has 0 aliphatic carbocycles. The maximum absolute atomic E-state index is 12.9. The van der Waals surface area contributed by atoms with Gasteiger partial charge in [-0.05, 0) is 48.0 Å². The number of hydrogen-bond acceptors (Lipinski definition) is 7. The van der Waals surface area contributed by atoms with Crippen molar-refractivity contribution in [3.05, 3.63) is 84.2 Å². The third-order valence-electron chi connectivity index (χ3n) is 5.21. The summed E-state index contributed by atoms with van der Waals surface area (Å²) in [5, 5.41) is 5.35. The van der Waals surface area contributed by atoms with Crippen molar-refractivity contribution in [3.8, 4) is 0 Å². The summed E-state index contributed by atoms with van der Waals surface area (Å²) in [6.45, 7) is -0.361. The maximum Gasteiger partial charge on any atom is 0.253 e. The first kappa shape index (κ1) is 27.8. The average molecular weight is 546 g/mol. The molecule has 0 radical (unpaired) electrons. The number of nitrogens with one attached hydrogen (secondary N) is 2. The molecule has 1 aromatic heterocycles. The van der Waals surface area contributed by atoms with Gasteiger partial charge in [-0.15, -0.1) is 0 Å². The number of rotatable bonds is 10. The summed E-state index contributed by atoms with van der Waals surface area (Å²) in [7, 11) is -4.85. The Morgan fingerprint density at radius 2 is 1.59 bits per heavy atom. The van der Waals surface area contributed by atoms with Crippen molar-refractivity contribution < 1.29 is 26.4 Å². The first-order valence-corrected chi connectivity index (χ1v) is 14.2. The fraction of sp³-hybridized carbons (Fsp3) is 0.208. The zero-order valence-electron chi connectivity index (χ0n) is 20.5. The van der Waals surface area contributed by atoms with E-state index in [0.29, 0.717) is 0 Å². The standard InChI is InChI=1S/C24H27N5O6S2/c1-28(2)37(34,35)20-12-10-19(11-13-20)29(36(3,32)33)17-23(30)27-22-9-5-4-8-21(22)24(31)26-16-18-7-6-14-25-15-18/h4-15H,16-17H2,1-3H3,(H,26,31)(H,27,30). The Morgan fingerprint density at radius 1 is 0.919 bits per heavy atom. The molecule has 0 saturated heterocycles. The SMILES string of the molecule is CN(C)S(=O)(=O)c1ccc(N(CC(=O)Nc2ccccc2C(=O)NCc2cccnc2)S(C)(=O)=O)cc1. The summed E-state index contributed by atoms with van der Waals surface area (Å²) < 4.78 is 51.4. The molecule has 13 heteroatoms. The van der Waals surface area contributed by atoms with E-state index in [9.17, 15) is 26.4 Å². The van der Waals surface area contributed by atoms with Crippen molar-refractivity contribution in [2.45, 2.75) is 11.4 Å². The lowest BCUT2D eigenvalue weighted by atomic mass is 10.1. The lowest BCUT2D eigenvalue weighted by molar-refractivity contribution is -0.114. The van der Waals surface area contributed by atoms with Crippen molar-refractivity contribution in [2.75, 3.05) is 36.5 Å². The van der Waals surface area contributed by atoms with Crippen LogP contribution in [0.4, 0.5) is 11.4 Å². The molecule has 37 heavy (non-hydrogen) atoms. The maximum atomic E-state index is 12.9. The van der Waals surface area contributed by atoms with Gasteiger partial charge in [0, 0.05) is 33.0 Å². The van der Waals surface area contributed by atoms with E-state index in [0.717, 1.165) is 20.4 Å². The van der Waals surface area contributed by atoms with Gasteiger partial charge in [-0.2, -0.15) is 0 Å². The Hall–Kier alpha value is -3.81. The van der Waals surface area contributed by atoms with Gasteiger partial charge in [0.2, 0.25) is 26.0 Å². The number of nitrogens with zero attached hydrogens (tertiary/aromatic N) is 3. The van der Waals surface area contributed by atoms with Gasteiger partial charge in [0.15, 0.2) is 0 Å². The zero-order valence-corrected chi connectivity index (χ0v) is 22.1. The minimum absolute atomic E-state index is 0.0228. The molecule has 3 aromatic rings. The van der Waals surface area contributed by atoms with Crippen LogP contribution in [0.5, 0.6) is 0 Å². The molecule has 2 N–H and O–H groups in total. The van der Waals surface area contributed by atoms with Crippen molar-refractivity contribution in [2.24, 2.45) is 0 Å². The van der Waals surface area contributed by atoms with E-state index >= 15 is 0 Å². The van der Waals surface area contributed by atoms with Crippen LogP contribution in [0.15, 0.2) is 78.0 Å². The highest BCUT2D eigenvalue weighted by molar-refractivity contribution is 7.92. The van der Waals surface area contributed by atoms with E-state index in [2.05, 4.69) is 15.6 Å². The average Bonchev–Trinajstić information content (AvgIpc) is 2.86. The second-order valence-corrected chi connectivity index (χ2v) is 12.2. The second-order valence-electron chi connectivity index (χ2n) is 8.19. The number of amides is 2. The molecule has 2 aromatic carbocycles. The number of carbonyl (C=O) groups excluding carboxylic acids is 2. The molecule has 0 spiro atoms. The molecule has 0 fully saturated rings. The summed E-state index contributed by atoms with van der Waals surface area (Å²) >= 11 is 0. The molecule has 3 rings (SSSR count). The Morgan fingerprint density at radius 3 is 2.19 bits per heavy atom. The van der Waals surface area contributed by atoms with Crippen molar-refractivity contribution in [3.63, 3.8) is 0 Å². The van der Waals surface area contributed by atoms with E-state index in [4.69, 9.17) is 0 Å². The minimum atomic E-state index is -3.91. The highest BCUT2D eigenvalue weighted by Gasteiger charge is 2.23. The number of hydrogen-bond donors (Lipinski definition) is 2. The summed E-state index contributed by atoms with van der Waals surface area (Å²) in [6, 6.07) is 15.0. The highest BCUT2D eigenvalue weighted by atomic mass is 32.2. The summed E-state index contributed by atoms with van der Waals surface area (Å²) in [6.07, 6.45) is 4.18. The van der Waals surface area contributed by atoms with Crippen LogP contribution < -0.4 is 14.9 Å². The molecule has 0 atom stereocenters. The van der Waals surface area contributed by atoms with Gasteiger partial charge >= 0.3 is 0 Å². The van der Waals surface area contributed by atoms with Crippen LogP contribution in [0.2, 0.25) is 0 Å². The highest BCUT2D eigenvalue weighted by Crippen LogP contribution is 2.22. The van der Waals surface area contributed by atoms with E-state index in [1.54, 1.807) is 30.6 Å². The number of carbonyl (C=O) groups is 2. The molecule has 0 aliphatic rings. The molecule has 0 unspecified atom stereocenters. The molecule has 11 nitrogen and oxygen atoms in total. The molecule has 0 saturated carbocycles. The van der Waals surface area contributed by atoms with Crippen LogP contribution in [-0.2, 0) is 31.4 Å². The summed E-state index contributed by atoms with van der Waals surface area (Å²) in [4.78, 5) is 29.6. The predicted molar refractivity (Wildman–Crippen MR) is 140 cm³/mol. The smallest absolute Gasteiger partial charge is 0.253 e. The quantitative estimate of drug-likeness (QED) is 0.394. The Labute approximate surface area is 216 Å². The molecule has 196 valence electrons. The number of para-hydroxylation sites is 1. The van der Waals surface area contributed by atoms with Gasteiger partial charge in [0.05, 0.1) is 28.1 Å². The van der Waals surface area contributed by atoms with E-state index in [1.165, 1.54) is 50.5 Å². The first-order valence-electron chi connectivity index (χ1n) is 11.0. The molecular weight excluding hydrogens is 518 g/mol. The lowest BCUT2D eigenvalue weighted by Gasteiger charge is -2.22. The minimum Gasteiger partial charge on any atom is -0.348 e. The van der Waals surface area contributed by atoms with Crippen LogP contribution in [-0.4, -0.2) is 64.8 Å². The van der Waals surface area contributed by atoms with Gasteiger partial charge < -0.3 is 10.6 Å². The Bertz CT molecular complexity index is 1480. The molecule has 0 aliphatic heterocycles. The van der Waals surface area contributed by atoms with Gasteiger partial charge in [0.1, 0.15) is 6.54 Å². The fourth-order valence-corrected chi connectivity index (χ4v) is 5.04. The lowest BCUT2D eigenvalue weighted by Crippen LogP contribution is -2.37. The van der Waals surface area contributed by atoms with E-state index in [1.807, 2.05) is 6.07 Å². The van der Waals surface area contributed by atoms with Crippen LogP contribution in [0.25, 0.3) is 0 Å². The predicted octanol–water partition coefficient (Wildman–Crippen LogP) is 1.67. The first-order chi connectivity index (χ1) is 17.4. The fourth-order valence-electron chi connectivity index (χ4n) is 3.29. The van der Waals surface area contributed by atoms with Crippen LogP contribution in [0, 0.1) is 0 Å². The van der Waals surface area contributed by atoms with Gasteiger partial charge in [-0.25, -0.2) is 21.1 Å². The topological polar surface area (TPSA) is 146 Å². The third kappa shape index (κ3) is 7.12. The molecule has 1 heterocycles. The van der Waals surface area contributed by atoms with Gasteiger partial charge in [-0.3, -0.25) is 18.9 Å². The van der Waals surface area contributed by atoms with Gasteiger partial charge in [-0.1, -0.05) is 18.2 Å². The van der Waals surface area contributed by atoms with E-state index < -0.39 is 38.4 Å². The second kappa shape index (κ2) is 11.5. The Balaban J connectivity index is 1.76. The number of pyridine rings is 1. The van der Waals surface area contributed by atoms with Gasteiger partial charge in [0.25, 0.3) is 5.91 Å². The normalized spacial score (nSPS) is 11.7. The Kier molecular flexibility index (Phi) is 8.63. The number of aromatic nitrogens is 1. The number of anilines is 2. The third-order valence-corrected chi connectivity index (χ3v) is 8.18.